The van der Waals surface area contributed by atoms with Crippen molar-refractivity contribution in [2.75, 3.05) is 70.5 Å². The number of carbonyl (C=O) groups is 2. The monoisotopic (exact) mass is 912 g/mol. The highest BCUT2D eigenvalue weighted by atomic mass is 32.2. The highest BCUT2D eigenvalue weighted by molar-refractivity contribution is 7.97. The molecule has 1 unspecified atom stereocenters. The largest absolute Gasteiger partial charge is 0.388 e. The van der Waals surface area contributed by atoms with Crippen molar-refractivity contribution in [2.24, 2.45) is 11.8 Å². The number of hydrogen-bond acceptors (Lipinski definition) is 12. The minimum Gasteiger partial charge on any atom is -0.388 e. The minimum absolute atomic E-state index is 0.0744. The van der Waals surface area contributed by atoms with E-state index in [4.69, 9.17) is 5.41 Å². The standard InChI is InChI=1S/C49H67F2N11O2S/c1-30(2)62-31(3)56-47-41(50)25-35(27-44(47)62)46-42(51)28-55-49(58-46)57-36-12-20-61(21-13-36)65-38-14-16-59(17-15-38)29-32-23-37(24-32)60-18-10-33(11-19-60)34-8-9-39(43(26-34)53-4)45(52)40(7-6-22-63)48(64)54-5/h8-9,22,25-28,30,32-33,36-38,40,52-53H,6-7,10-21,23-24,29H2,1-5H3,(H,54,64)(H,55,57,58). The first kappa shape index (κ1) is 47.0. The van der Waals surface area contributed by atoms with Crippen molar-refractivity contribution < 1.29 is 18.4 Å². The lowest BCUT2D eigenvalue weighted by Gasteiger charge is -2.47. The van der Waals surface area contributed by atoms with E-state index in [0.29, 0.717) is 46.5 Å². The van der Waals surface area contributed by atoms with Crippen LogP contribution in [-0.2, 0) is 9.59 Å². The molecule has 0 spiro atoms. The molecule has 1 aliphatic carbocycles. The molecule has 65 heavy (non-hydrogen) atoms. The number of piperidine rings is 3. The SMILES string of the molecule is CNC(=O)C(CCC=O)C(=N)c1ccc(C2CCN(C3CC(CN4CCC(SN5CCC(Nc6ncc(F)c(-c7cc(F)c8nc(C)n(C(C)C)c8c7)n6)CC5)CC4)C3)CC2)cc1NC. The average Bonchev–Trinajstić information content (AvgIpc) is 3.65. The Morgan fingerprint density at radius 1 is 0.954 bits per heavy atom. The predicted octanol–water partition coefficient (Wildman–Crippen LogP) is 8.06. The van der Waals surface area contributed by atoms with Gasteiger partial charge in [-0.1, -0.05) is 24.1 Å². The third-order valence-electron chi connectivity index (χ3n) is 14.4. The summed E-state index contributed by atoms with van der Waals surface area (Å²) < 4.78 is 34.8. The van der Waals surface area contributed by atoms with Gasteiger partial charge in [0.1, 0.15) is 23.3 Å². The second-order valence-corrected chi connectivity index (χ2v) is 20.4. The molecule has 0 radical (unpaired) electrons. The van der Waals surface area contributed by atoms with Gasteiger partial charge >= 0.3 is 0 Å². The number of carbonyl (C=O) groups excluding carboxylic acids is 2. The molecule has 8 rings (SSSR count). The summed E-state index contributed by atoms with van der Waals surface area (Å²) in [5.41, 5.74) is 4.47. The Morgan fingerprint density at radius 2 is 1.69 bits per heavy atom. The zero-order chi connectivity index (χ0) is 45.8. The molecular weight excluding hydrogens is 845 g/mol. The normalized spacial score (nSPS) is 21.4. The van der Waals surface area contributed by atoms with Gasteiger partial charge in [0.15, 0.2) is 11.6 Å². The lowest BCUT2D eigenvalue weighted by atomic mass is 9.77. The lowest BCUT2D eigenvalue weighted by molar-refractivity contribution is -0.122. The first-order valence-electron chi connectivity index (χ1n) is 23.8. The fraction of sp³-hybridized carbons (Fsp3) is 0.592. The number of imidazole rings is 1. The second kappa shape index (κ2) is 21.0. The molecule has 4 aromatic rings. The van der Waals surface area contributed by atoms with Gasteiger partial charge in [0, 0.05) is 80.3 Å². The van der Waals surface area contributed by atoms with E-state index < -0.39 is 17.6 Å². The number of aryl methyl sites for hydroxylation is 1. The summed E-state index contributed by atoms with van der Waals surface area (Å²) in [6.07, 6.45) is 11.7. The molecule has 5 heterocycles. The highest BCUT2D eigenvalue weighted by Gasteiger charge is 2.37. The third kappa shape index (κ3) is 10.7. The number of rotatable bonds is 17. The first-order valence-corrected chi connectivity index (χ1v) is 24.7. The maximum atomic E-state index is 15.2. The van der Waals surface area contributed by atoms with Crippen molar-refractivity contribution in [2.45, 2.75) is 114 Å². The Kier molecular flexibility index (Phi) is 15.2. The molecule has 16 heteroatoms. The summed E-state index contributed by atoms with van der Waals surface area (Å²) in [5, 5.41) is 18.9. The molecular formula is C49H67F2N11O2S. The third-order valence-corrected chi connectivity index (χ3v) is 15.8. The topological polar surface area (TPSA) is 147 Å². The fourth-order valence-electron chi connectivity index (χ4n) is 10.8. The summed E-state index contributed by atoms with van der Waals surface area (Å²) in [4.78, 5) is 42.2. The van der Waals surface area contributed by atoms with Crippen LogP contribution < -0.4 is 16.0 Å². The smallest absolute Gasteiger partial charge is 0.228 e. The Hall–Kier alpha value is -4.51. The van der Waals surface area contributed by atoms with Gasteiger partial charge in [0.2, 0.25) is 11.9 Å². The molecule has 3 saturated heterocycles. The molecule has 4 aliphatic rings. The Bertz CT molecular complexity index is 2310. The number of aldehydes is 1. The number of nitrogens with zero attached hydrogens (tertiary/aromatic N) is 7. The van der Waals surface area contributed by atoms with Crippen molar-refractivity contribution in [3.05, 3.63) is 65.1 Å². The lowest BCUT2D eigenvalue weighted by Crippen LogP contribution is -2.51. The van der Waals surface area contributed by atoms with E-state index in [-0.39, 0.29) is 41.3 Å². The fourth-order valence-corrected chi connectivity index (χ4v) is 12.0. The van der Waals surface area contributed by atoms with Crippen molar-refractivity contribution in [1.82, 2.24) is 38.9 Å². The molecule has 1 amide bonds. The van der Waals surface area contributed by atoms with E-state index in [1.165, 1.54) is 63.1 Å². The zero-order valence-electron chi connectivity index (χ0n) is 38.7. The first-order chi connectivity index (χ1) is 31.4. The van der Waals surface area contributed by atoms with Gasteiger partial charge in [0.25, 0.3) is 0 Å². The van der Waals surface area contributed by atoms with Gasteiger partial charge in [-0.3, -0.25) is 9.10 Å². The number of halogens is 2. The van der Waals surface area contributed by atoms with Gasteiger partial charge in [0.05, 0.1) is 23.3 Å². The van der Waals surface area contributed by atoms with E-state index in [1.807, 2.05) is 50.4 Å². The molecule has 1 atom stereocenters. The Morgan fingerprint density at radius 3 is 2.37 bits per heavy atom. The van der Waals surface area contributed by atoms with E-state index in [9.17, 15) is 9.59 Å². The minimum atomic E-state index is -0.658. The van der Waals surface area contributed by atoms with Crippen LogP contribution in [0.1, 0.15) is 107 Å². The number of amides is 1. The van der Waals surface area contributed by atoms with Crippen LogP contribution in [0.2, 0.25) is 0 Å². The van der Waals surface area contributed by atoms with Crippen LogP contribution >= 0.6 is 11.9 Å². The van der Waals surface area contributed by atoms with Crippen molar-refractivity contribution in [3.63, 3.8) is 0 Å². The molecule has 4 N–H and O–H groups in total. The predicted molar refractivity (Wildman–Crippen MR) is 257 cm³/mol. The number of anilines is 2. The van der Waals surface area contributed by atoms with Crippen LogP contribution in [0.15, 0.2) is 36.5 Å². The van der Waals surface area contributed by atoms with Gasteiger partial charge in [-0.05, 0) is 140 Å². The molecule has 2 aromatic heterocycles. The number of fused-ring (bicyclic) bond motifs is 1. The van der Waals surface area contributed by atoms with Crippen molar-refractivity contribution in [3.8, 4) is 11.3 Å². The Balaban J connectivity index is 0.734. The summed E-state index contributed by atoms with van der Waals surface area (Å²) in [6.45, 7) is 13.6. The Labute approximate surface area is 386 Å². The van der Waals surface area contributed by atoms with E-state index in [1.54, 1.807) is 13.1 Å². The molecule has 4 fully saturated rings. The average molecular weight is 912 g/mol. The zero-order valence-corrected chi connectivity index (χ0v) is 39.5. The van der Waals surface area contributed by atoms with Crippen LogP contribution in [0.3, 0.4) is 0 Å². The molecule has 350 valence electrons. The van der Waals surface area contributed by atoms with Gasteiger partial charge in [-0.2, -0.15) is 0 Å². The van der Waals surface area contributed by atoms with Gasteiger partial charge < -0.3 is 40.5 Å². The summed E-state index contributed by atoms with van der Waals surface area (Å²) in [7, 11) is 3.44. The maximum Gasteiger partial charge on any atom is 0.228 e. The molecule has 1 saturated carbocycles. The quantitative estimate of drug-likeness (QED) is 0.0464. The van der Waals surface area contributed by atoms with Crippen molar-refractivity contribution >= 4 is 52.5 Å². The summed E-state index contributed by atoms with van der Waals surface area (Å²) in [5.74, 6) is 0.364. The number of likely N-dealkylation sites (tertiary alicyclic amines) is 2. The van der Waals surface area contributed by atoms with Gasteiger partial charge in [-0.15, -0.1) is 0 Å². The van der Waals surface area contributed by atoms with Crippen LogP contribution in [-0.4, -0.2) is 129 Å². The summed E-state index contributed by atoms with van der Waals surface area (Å²) >= 11 is 2.04. The van der Waals surface area contributed by atoms with Crippen LogP contribution in [0.4, 0.5) is 20.4 Å². The molecule has 3 aliphatic heterocycles. The summed E-state index contributed by atoms with van der Waals surface area (Å²) in [6, 6.07) is 10.3. The number of benzene rings is 2. The molecule has 2 aromatic carbocycles. The maximum absolute atomic E-state index is 15.2. The number of aromatic nitrogens is 4. The van der Waals surface area contributed by atoms with Crippen molar-refractivity contribution in [1.29, 1.82) is 5.41 Å². The van der Waals surface area contributed by atoms with Crippen LogP contribution in [0.5, 0.6) is 0 Å². The second-order valence-electron chi connectivity index (χ2n) is 19.0. The molecule has 0 bridgehead atoms. The number of nitrogens with one attached hydrogen (secondary N) is 4. The van der Waals surface area contributed by atoms with Crippen LogP contribution in [0, 0.1) is 35.8 Å². The van der Waals surface area contributed by atoms with Gasteiger partial charge in [-0.25, -0.2) is 23.7 Å². The highest BCUT2D eigenvalue weighted by Crippen LogP contribution is 2.39. The van der Waals surface area contributed by atoms with E-state index in [0.717, 1.165) is 75.3 Å². The van der Waals surface area contributed by atoms with Crippen LogP contribution in [0.25, 0.3) is 22.3 Å². The molecule has 13 nitrogen and oxygen atoms in total. The van der Waals surface area contributed by atoms with E-state index in [2.05, 4.69) is 57.1 Å². The van der Waals surface area contributed by atoms with E-state index >= 15 is 8.78 Å². The number of hydrogen-bond donors (Lipinski definition) is 4.